The zero-order chi connectivity index (χ0) is 13.5. The molecule has 0 amide bonds. The van der Waals surface area contributed by atoms with Gasteiger partial charge in [-0.05, 0) is 25.2 Å². The van der Waals surface area contributed by atoms with E-state index >= 15 is 0 Å². The second kappa shape index (κ2) is 4.47. The molecule has 3 rings (SSSR count). The van der Waals surface area contributed by atoms with E-state index in [1.807, 2.05) is 6.92 Å². The van der Waals surface area contributed by atoms with Crippen molar-refractivity contribution in [2.24, 2.45) is 5.41 Å². The first-order valence-corrected chi connectivity index (χ1v) is 6.78. The van der Waals surface area contributed by atoms with Crippen LogP contribution in [-0.4, -0.2) is 15.3 Å². The molecule has 0 aliphatic heterocycles. The summed E-state index contributed by atoms with van der Waals surface area (Å²) < 4.78 is 10.4. The number of nitrogens with zero attached hydrogens (tertiary/aromatic N) is 3. The Bertz CT molecular complexity index is 571. The lowest BCUT2D eigenvalue weighted by Gasteiger charge is -2.23. The van der Waals surface area contributed by atoms with Gasteiger partial charge in [0.25, 0.3) is 0 Å². The van der Waals surface area contributed by atoms with E-state index in [2.05, 4.69) is 29.1 Å². The summed E-state index contributed by atoms with van der Waals surface area (Å²) in [5.74, 6) is 1.85. The first-order chi connectivity index (χ1) is 9.06. The van der Waals surface area contributed by atoms with Gasteiger partial charge >= 0.3 is 0 Å². The normalized spacial score (nSPS) is 21.9. The second-order valence-electron chi connectivity index (χ2n) is 6.10. The maximum Gasteiger partial charge on any atom is 0.230 e. The van der Waals surface area contributed by atoms with Gasteiger partial charge in [-0.3, -0.25) is 0 Å². The zero-order valence-corrected chi connectivity index (χ0v) is 11.6. The van der Waals surface area contributed by atoms with Crippen LogP contribution in [0.5, 0.6) is 0 Å². The highest BCUT2D eigenvalue weighted by Gasteiger charge is 2.39. The fraction of sp³-hybridized carbons (Fsp3) is 0.643. The Hall–Kier alpha value is -1.65. The Labute approximate surface area is 112 Å². The van der Waals surface area contributed by atoms with Crippen LogP contribution in [-0.2, 0) is 6.42 Å². The van der Waals surface area contributed by atoms with Gasteiger partial charge in [-0.2, -0.15) is 4.98 Å². The van der Waals surface area contributed by atoms with E-state index in [4.69, 9.17) is 9.05 Å². The summed E-state index contributed by atoms with van der Waals surface area (Å²) in [6, 6.07) is 0. The van der Waals surface area contributed by atoms with Crippen LogP contribution in [0.15, 0.2) is 15.3 Å². The van der Waals surface area contributed by atoms with Gasteiger partial charge in [0.15, 0.2) is 5.82 Å². The van der Waals surface area contributed by atoms with E-state index < -0.39 is 0 Å². The number of rotatable bonds is 3. The number of hydrogen-bond donors (Lipinski definition) is 0. The average molecular weight is 261 g/mol. The smallest absolute Gasteiger partial charge is 0.230 e. The summed E-state index contributed by atoms with van der Waals surface area (Å²) in [7, 11) is 0. The van der Waals surface area contributed by atoms with Crippen LogP contribution in [0.4, 0.5) is 0 Å². The average Bonchev–Trinajstić information content (AvgIpc) is 3.02. The first-order valence-electron chi connectivity index (χ1n) is 6.78. The Kier molecular flexibility index (Phi) is 2.92. The highest BCUT2D eigenvalue weighted by molar-refractivity contribution is 5.16. The molecule has 5 nitrogen and oxygen atoms in total. The van der Waals surface area contributed by atoms with Crippen molar-refractivity contribution in [1.29, 1.82) is 0 Å². The van der Waals surface area contributed by atoms with Crippen molar-refractivity contribution in [3.63, 3.8) is 0 Å². The minimum atomic E-state index is 0.258. The minimum Gasteiger partial charge on any atom is -0.364 e. The molecular formula is C14H19N3O2. The molecule has 0 aromatic carbocycles. The fourth-order valence-corrected chi connectivity index (χ4v) is 2.90. The lowest BCUT2D eigenvalue weighted by molar-refractivity contribution is 0.260. The summed E-state index contributed by atoms with van der Waals surface area (Å²) in [5, 5.41) is 8.02. The summed E-state index contributed by atoms with van der Waals surface area (Å²) in [5.41, 5.74) is 2.15. The maximum atomic E-state index is 5.45. The summed E-state index contributed by atoms with van der Waals surface area (Å²) in [6.45, 7) is 6.51. The van der Waals surface area contributed by atoms with E-state index in [0.717, 1.165) is 23.6 Å². The molecule has 5 heteroatoms. The van der Waals surface area contributed by atoms with Crippen molar-refractivity contribution in [1.82, 2.24) is 15.3 Å². The van der Waals surface area contributed by atoms with Gasteiger partial charge in [0.1, 0.15) is 6.26 Å². The molecular weight excluding hydrogens is 242 g/mol. The van der Waals surface area contributed by atoms with Crippen LogP contribution >= 0.6 is 0 Å². The molecule has 1 atom stereocenters. The van der Waals surface area contributed by atoms with E-state index in [-0.39, 0.29) is 5.41 Å². The third-order valence-electron chi connectivity index (χ3n) is 4.21. The predicted molar refractivity (Wildman–Crippen MR) is 68.7 cm³/mol. The summed E-state index contributed by atoms with van der Waals surface area (Å²) in [6.07, 6.45) is 5.79. The van der Waals surface area contributed by atoms with Crippen molar-refractivity contribution < 1.29 is 9.05 Å². The zero-order valence-electron chi connectivity index (χ0n) is 11.6. The fourth-order valence-electron chi connectivity index (χ4n) is 2.90. The monoisotopic (exact) mass is 261 g/mol. The summed E-state index contributed by atoms with van der Waals surface area (Å²) >= 11 is 0. The van der Waals surface area contributed by atoms with E-state index in [1.54, 1.807) is 6.26 Å². The van der Waals surface area contributed by atoms with Crippen LogP contribution < -0.4 is 0 Å². The third-order valence-corrected chi connectivity index (χ3v) is 4.21. The highest BCUT2D eigenvalue weighted by Crippen LogP contribution is 2.48. The van der Waals surface area contributed by atoms with Gasteiger partial charge in [0, 0.05) is 11.5 Å². The number of hydrogen-bond acceptors (Lipinski definition) is 5. The SMILES string of the molecule is Cc1conc1Cc1noc(C2CCCC2(C)C)n1. The van der Waals surface area contributed by atoms with Crippen LogP contribution in [0.3, 0.4) is 0 Å². The van der Waals surface area contributed by atoms with Crippen LogP contribution in [0, 0.1) is 12.3 Å². The molecule has 2 heterocycles. The first kappa shape index (κ1) is 12.4. The lowest BCUT2D eigenvalue weighted by atomic mass is 9.82. The van der Waals surface area contributed by atoms with Crippen molar-refractivity contribution in [2.45, 2.75) is 52.4 Å². The molecule has 1 aliphatic carbocycles. The molecule has 102 valence electrons. The molecule has 0 spiro atoms. The molecule has 19 heavy (non-hydrogen) atoms. The predicted octanol–water partition coefficient (Wildman–Crippen LogP) is 3.25. The largest absolute Gasteiger partial charge is 0.364 e. The molecule has 1 aliphatic rings. The molecule has 2 aromatic rings. The van der Waals surface area contributed by atoms with E-state index in [9.17, 15) is 0 Å². The van der Waals surface area contributed by atoms with E-state index in [1.165, 1.54) is 12.8 Å². The maximum absolute atomic E-state index is 5.45. The summed E-state index contributed by atoms with van der Waals surface area (Å²) in [4.78, 5) is 4.54. The molecule has 0 bridgehead atoms. The Morgan fingerprint density at radius 3 is 2.84 bits per heavy atom. The van der Waals surface area contributed by atoms with Crippen molar-refractivity contribution in [3.8, 4) is 0 Å². The molecule has 1 unspecified atom stereocenters. The second-order valence-corrected chi connectivity index (χ2v) is 6.10. The Morgan fingerprint density at radius 2 is 2.21 bits per heavy atom. The van der Waals surface area contributed by atoms with Crippen molar-refractivity contribution in [3.05, 3.63) is 29.2 Å². The van der Waals surface area contributed by atoms with Crippen LogP contribution in [0.1, 0.15) is 62.0 Å². The van der Waals surface area contributed by atoms with E-state index in [0.29, 0.717) is 18.2 Å². The lowest BCUT2D eigenvalue weighted by Crippen LogP contribution is -2.15. The van der Waals surface area contributed by atoms with Gasteiger partial charge < -0.3 is 9.05 Å². The number of aromatic nitrogens is 3. The number of aryl methyl sites for hydroxylation is 1. The van der Waals surface area contributed by atoms with Gasteiger partial charge in [-0.1, -0.05) is 30.6 Å². The Morgan fingerprint density at radius 1 is 1.37 bits per heavy atom. The Balaban J connectivity index is 1.78. The molecule has 1 fully saturated rings. The third kappa shape index (κ3) is 2.29. The standard InChI is InChI=1S/C14H19N3O2/c1-9-8-18-16-11(9)7-12-15-13(19-17-12)10-5-4-6-14(10,2)3/h8,10H,4-7H2,1-3H3. The molecule has 1 saturated carbocycles. The van der Waals surface area contributed by atoms with Gasteiger partial charge in [-0.25, -0.2) is 0 Å². The minimum absolute atomic E-state index is 0.258. The van der Waals surface area contributed by atoms with Gasteiger partial charge in [0.2, 0.25) is 5.89 Å². The van der Waals surface area contributed by atoms with Gasteiger partial charge in [0.05, 0.1) is 12.1 Å². The molecule has 0 saturated heterocycles. The van der Waals surface area contributed by atoms with Crippen molar-refractivity contribution in [2.75, 3.05) is 0 Å². The molecule has 0 radical (unpaired) electrons. The molecule has 0 N–H and O–H groups in total. The topological polar surface area (TPSA) is 65.0 Å². The highest BCUT2D eigenvalue weighted by atomic mass is 16.5. The van der Waals surface area contributed by atoms with Crippen molar-refractivity contribution >= 4 is 0 Å². The van der Waals surface area contributed by atoms with Crippen LogP contribution in [0.25, 0.3) is 0 Å². The van der Waals surface area contributed by atoms with Crippen LogP contribution in [0.2, 0.25) is 0 Å². The quantitative estimate of drug-likeness (QED) is 0.848. The van der Waals surface area contributed by atoms with Gasteiger partial charge in [-0.15, -0.1) is 0 Å². The molecule has 2 aromatic heterocycles.